The summed E-state index contributed by atoms with van der Waals surface area (Å²) in [5.41, 5.74) is -0.648. The second kappa shape index (κ2) is 6.79. The molecular formula is C12H7I2N2O6P. The van der Waals surface area contributed by atoms with E-state index in [9.17, 15) is 29.7 Å². The lowest BCUT2D eigenvalue weighted by Crippen LogP contribution is -2.21. The van der Waals surface area contributed by atoms with Crippen LogP contribution in [0.5, 0.6) is 0 Å². The van der Waals surface area contributed by atoms with Gasteiger partial charge < -0.3 is 4.89 Å². The summed E-state index contributed by atoms with van der Waals surface area (Å²) in [5, 5.41) is 21.5. The topological polar surface area (TPSA) is 124 Å². The third-order valence-corrected chi connectivity index (χ3v) is 7.71. The number of hydrogen-bond donors (Lipinski definition) is 1. The van der Waals surface area contributed by atoms with Gasteiger partial charge in [0.25, 0.3) is 18.7 Å². The van der Waals surface area contributed by atoms with Gasteiger partial charge in [-0.05, 0) is 57.3 Å². The molecule has 11 heteroatoms. The van der Waals surface area contributed by atoms with E-state index in [-0.39, 0.29) is 22.0 Å². The second-order valence-corrected chi connectivity index (χ2v) is 8.80. The van der Waals surface area contributed by atoms with Crippen molar-refractivity contribution in [1.82, 2.24) is 0 Å². The molecule has 8 nitrogen and oxygen atoms in total. The van der Waals surface area contributed by atoms with E-state index >= 15 is 0 Å². The third-order valence-electron chi connectivity index (χ3n) is 2.93. The van der Waals surface area contributed by atoms with Crippen LogP contribution in [0.25, 0.3) is 0 Å². The Morgan fingerprint density at radius 3 is 1.52 bits per heavy atom. The zero-order valence-electron chi connectivity index (χ0n) is 11.1. The highest BCUT2D eigenvalue weighted by Gasteiger charge is 2.32. The van der Waals surface area contributed by atoms with Crippen LogP contribution in [0.1, 0.15) is 0 Å². The van der Waals surface area contributed by atoms with E-state index in [0.717, 1.165) is 12.1 Å². The average molecular weight is 560 g/mol. The molecule has 2 aromatic rings. The van der Waals surface area contributed by atoms with Crippen LogP contribution in [0.15, 0.2) is 36.4 Å². The molecule has 1 N–H and O–H groups in total. The number of nitrogens with zero attached hydrogens (tertiary/aromatic N) is 2. The van der Waals surface area contributed by atoms with Crippen molar-refractivity contribution >= 4 is 74.5 Å². The Morgan fingerprint density at radius 2 is 1.22 bits per heavy atom. The second-order valence-electron chi connectivity index (χ2n) is 4.36. The maximum absolute atomic E-state index is 12.9. The maximum Gasteiger partial charge on any atom is 0.270 e. The molecule has 0 heterocycles. The van der Waals surface area contributed by atoms with E-state index in [4.69, 9.17) is 0 Å². The van der Waals surface area contributed by atoms with Crippen molar-refractivity contribution in [3.8, 4) is 0 Å². The van der Waals surface area contributed by atoms with Gasteiger partial charge in [-0.25, -0.2) is 0 Å². The van der Waals surface area contributed by atoms with Crippen molar-refractivity contribution < 1.29 is 19.3 Å². The van der Waals surface area contributed by atoms with Crippen LogP contribution < -0.4 is 10.6 Å². The van der Waals surface area contributed by atoms with Gasteiger partial charge in [-0.2, -0.15) is 0 Å². The van der Waals surface area contributed by atoms with Gasteiger partial charge in [0.2, 0.25) is 0 Å². The van der Waals surface area contributed by atoms with Gasteiger partial charge >= 0.3 is 0 Å². The van der Waals surface area contributed by atoms with Gasteiger partial charge in [-0.3, -0.25) is 24.8 Å². The Hall–Kier alpha value is -1.11. The molecule has 0 saturated carbocycles. The van der Waals surface area contributed by atoms with Gasteiger partial charge in [-0.1, -0.05) is 0 Å². The number of nitro groups is 2. The molecule has 0 spiro atoms. The predicted octanol–water partition coefficient (Wildman–Crippen LogP) is 2.93. The van der Waals surface area contributed by atoms with Crippen molar-refractivity contribution in [2.75, 3.05) is 0 Å². The summed E-state index contributed by atoms with van der Waals surface area (Å²) >= 11 is 3.59. The van der Waals surface area contributed by atoms with E-state index < -0.39 is 17.2 Å². The molecule has 0 unspecified atom stereocenters. The van der Waals surface area contributed by atoms with E-state index in [1.165, 1.54) is 24.3 Å². The molecule has 2 aromatic carbocycles. The molecule has 120 valence electrons. The number of benzene rings is 2. The standard InChI is InChI=1S/C12H7I2N2O6P/c13-9-3-1-7(15(17)18)5-11(9)23(21,22)12-6-8(16(19)20)2-4-10(12)14/h1-6H,(H,21,22). The highest BCUT2D eigenvalue weighted by Crippen LogP contribution is 2.42. The minimum atomic E-state index is -4.23. The van der Waals surface area contributed by atoms with Gasteiger partial charge in [0, 0.05) is 31.4 Å². The Kier molecular flexibility index (Phi) is 5.38. The smallest absolute Gasteiger partial charge is 0.270 e. The average Bonchev–Trinajstić information content (AvgIpc) is 2.47. The first kappa shape index (κ1) is 18.2. The van der Waals surface area contributed by atoms with Crippen LogP contribution in [0.4, 0.5) is 11.4 Å². The number of halogens is 2. The van der Waals surface area contributed by atoms with Crippen molar-refractivity contribution in [2.24, 2.45) is 0 Å². The largest absolute Gasteiger partial charge is 0.338 e. The van der Waals surface area contributed by atoms with Crippen molar-refractivity contribution in [2.45, 2.75) is 0 Å². The van der Waals surface area contributed by atoms with E-state index in [2.05, 4.69) is 0 Å². The predicted molar refractivity (Wildman–Crippen MR) is 101 cm³/mol. The minimum absolute atomic E-state index is 0.120. The summed E-state index contributed by atoms with van der Waals surface area (Å²) in [6.07, 6.45) is 0. The molecule has 0 atom stereocenters. The van der Waals surface area contributed by atoms with Gasteiger partial charge in [0.15, 0.2) is 0 Å². The van der Waals surface area contributed by atoms with Crippen molar-refractivity contribution in [3.05, 3.63) is 63.8 Å². The van der Waals surface area contributed by atoms with Crippen LogP contribution in [0.3, 0.4) is 0 Å². The normalized spacial score (nSPS) is 11.3. The van der Waals surface area contributed by atoms with Crippen LogP contribution >= 0.6 is 52.6 Å². The van der Waals surface area contributed by atoms with Crippen LogP contribution in [-0.4, -0.2) is 14.7 Å². The van der Waals surface area contributed by atoms with Crippen LogP contribution in [0, 0.1) is 27.4 Å². The monoisotopic (exact) mass is 560 g/mol. The highest BCUT2D eigenvalue weighted by atomic mass is 127. The lowest BCUT2D eigenvalue weighted by Gasteiger charge is -2.15. The van der Waals surface area contributed by atoms with Crippen LogP contribution in [-0.2, 0) is 4.57 Å². The van der Waals surface area contributed by atoms with E-state index in [1.54, 1.807) is 45.2 Å². The molecule has 0 radical (unpaired) electrons. The van der Waals surface area contributed by atoms with Crippen LogP contribution in [0.2, 0.25) is 0 Å². The Morgan fingerprint density at radius 1 is 0.870 bits per heavy atom. The summed E-state index contributed by atoms with van der Waals surface area (Å²) < 4.78 is 13.6. The Balaban J connectivity index is 2.70. The zero-order chi connectivity index (χ0) is 17.4. The maximum atomic E-state index is 12.9. The van der Waals surface area contributed by atoms with E-state index in [0.29, 0.717) is 7.14 Å². The summed E-state index contributed by atoms with van der Waals surface area (Å²) in [6.45, 7) is 0. The third kappa shape index (κ3) is 3.70. The fraction of sp³-hybridized carbons (Fsp3) is 0. The molecule has 0 fully saturated rings. The first-order valence-electron chi connectivity index (χ1n) is 5.86. The van der Waals surface area contributed by atoms with Crippen molar-refractivity contribution in [3.63, 3.8) is 0 Å². The summed E-state index contributed by atoms with van der Waals surface area (Å²) in [4.78, 5) is 31.0. The molecule has 2 rings (SSSR count). The molecule has 0 aliphatic carbocycles. The fourth-order valence-corrected chi connectivity index (χ4v) is 6.06. The Bertz CT molecular complexity index is 805. The quantitative estimate of drug-likeness (QED) is 0.266. The first-order chi connectivity index (χ1) is 10.6. The molecular weight excluding hydrogens is 553 g/mol. The number of rotatable bonds is 4. The lowest BCUT2D eigenvalue weighted by atomic mass is 10.3. The molecule has 23 heavy (non-hydrogen) atoms. The van der Waals surface area contributed by atoms with Gasteiger partial charge in [0.05, 0.1) is 20.5 Å². The number of non-ortho nitro benzene ring substituents is 2. The number of nitro benzene ring substituents is 2. The SMILES string of the molecule is O=[N+]([O-])c1ccc(I)c(P(=O)(O)c2cc([N+](=O)[O-])ccc2I)c1. The summed E-state index contributed by atoms with van der Waals surface area (Å²) in [7, 11) is -4.23. The molecule has 0 saturated heterocycles. The summed E-state index contributed by atoms with van der Waals surface area (Å²) in [5.74, 6) is 0. The summed E-state index contributed by atoms with van der Waals surface area (Å²) in [6, 6.07) is 7.23. The Labute approximate surface area is 156 Å². The van der Waals surface area contributed by atoms with Gasteiger partial charge in [0.1, 0.15) is 0 Å². The van der Waals surface area contributed by atoms with Crippen molar-refractivity contribution in [1.29, 1.82) is 0 Å². The number of hydrogen-bond acceptors (Lipinski definition) is 5. The van der Waals surface area contributed by atoms with E-state index in [1.807, 2.05) is 0 Å². The molecule has 0 aliphatic heterocycles. The first-order valence-corrected chi connectivity index (χ1v) is 9.68. The fourth-order valence-electron chi connectivity index (χ4n) is 1.82. The van der Waals surface area contributed by atoms with Gasteiger partial charge in [-0.15, -0.1) is 0 Å². The molecule has 0 aliphatic rings. The highest BCUT2D eigenvalue weighted by molar-refractivity contribution is 14.1. The zero-order valence-corrected chi connectivity index (χ0v) is 16.3. The molecule has 0 aromatic heterocycles. The molecule has 0 amide bonds. The lowest BCUT2D eigenvalue weighted by molar-refractivity contribution is -0.384. The minimum Gasteiger partial charge on any atom is -0.338 e. The molecule has 0 bridgehead atoms.